The number of pyridine rings is 1. The van der Waals surface area contributed by atoms with E-state index >= 15 is 0 Å². The van der Waals surface area contributed by atoms with Crippen molar-refractivity contribution in [1.82, 2.24) is 19.9 Å². The van der Waals surface area contributed by atoms with Crippen LogP contribution in [0.4, 0.5) is 0 Å². The van der Waals surface area contributed by atoms with Crippen molar-refractivity contribution in [2.75, 3.05) is 12.5 Å². The van der Waals surface area contributed by atoms with Crippen LogP contribution in [-0.2, 0) is 4.79 Å². The molecule has 0 saturated heterocycles. The van der Waals surface area contributed by atoms with Gasteiger partial charge in [-0.25, -0.2) is 5.43 Å². The van der Waals surface area contributed by atoms with Gasteiger partial charge in [-0.05, 0) is 53.6 Å². The lowest BCUT2D eigenvalue weighted by Gasteiger charge is -2.05. The number of methoxy groups -OCH3 is 1. The van der Waals surface area contributed by atoms with Gasteiger partial charge in [-0.15, -0.1) is 0 Å². The van der Waals surface area contributed by atoms with E-state index in [1.165, 1.54) is 11.7 Å². The lowest BCUT2D eigenvalue weighted by molar-refractivity contribution is -0.115. The van der Waals surface area contributed by atoms with Crippen LogP contribution in [-0.4, -0.2) is 32.9 Å². The molecule has 0 aliphatic carbocycles. The average Bonchev–Trinajstić information content (AvgIpc) is 3.38. The highest BCUT2D eigenvalue weighted by molar-refractivity contribution is 6.00. The molecule has 5 rings (SSSR count). The number of rotatable bonds is 5. The van der Waals surface area contributed by atoms with Crippen LogP contribution in [0.25, 0.3) is 45.1 Å². The number of hydrogen-bond acceptors (Lipinski definition) is 4. The van der Waals surface area contributed by atoms with Crippen molar-refractivity contribution >= 4 is 39.9 Å². The minimum Gasteiger partial charge on any atom is -0.497 e. The third kappa shape index (κ3) is 3.60. The summed E-state index contributed by atoms with van der Waals surface area (Å²) in [6.07, 6.45) is 9.40. The summed E-state index contributed by atoms with van der Waals surface area (Å²) in [5.41, 5.74) is 8.43. The van der Waals surface area contributed by atoms with Crippen LogP contribution in [0.2, 0.25) is 0 Å². The highest BCUT2D eigenvalue weighted by Crippen LogP contribution is 2.33. The number of hydrogen-bond donors (Lipinski definition) is 2. The van der Waals surface area contributed by atoms with Gasteiger partial charge < -0.3 is 9.72 Å². The van der Waals surface area contributed by atoms with Crippen molar-refractivity contribution in [2.45, 2.75) is 6.92 Å². The predicted octanol–water partition coefficient (Wildman–Crippen LogP) is 4.85. The van der Waals surface area contributed by atoms with E-state index in [0.29, 0.717) is 0 Å². The molecule has 0 atom stereocenters. The summed E-state index contributed by atoms with van der Waals surface area (Å²) in [7, 11) is 1.66. The first-order valence-corrected chi connectivity index (χ1v) is 10.2. The molecule has 7 nitrogen and oxygen atoms in total. The van der Waals surface area contributed by atoms with Gasteiger partial charge in [0, 0.05) is 47.4 Å². The van der Waals surface area contributed by atoms with Gasteiger partial charge in [0.2, 0.25) is 5.91 Å². The van der Waals surface area contributed by atoms with Crippen molar-refractivity contribution in [3.8, 4) is 16.9 Å². The summed E-state index contributed by atoms with van der Waals surface area (Å²) >= 11 is 0. The number of benzene rings is 2. The van der Waals surface area contributed by atoms with Crippen LogP contribution >= 0.6 is 0 Å². The molecule has 2 aromatic carbocycles. The van der Waals surface area contributed by atoms with Gasteiger partial charge in [0.15, 0.2) is 0 Å². The fraction of sp³-hybridized carbons (Fsp3) is 0.0800. The second kappa shape index (κ2) is 8.03. The van der Waals surface area contributed by atoms with Crippen LogP contribution < -0.4 is 10.2 Å². The fourth-order valence-electron chi connectivity index (χ4n) is 3.78. The monoisotopic (exact) mass is 423 g/mol. The summed E-state index contributed by atoms with van der Waals surface area (Å²) in [5, 5.41) is 6.61. The van der Waals surface area contributed by atoms with Crippen molar-refractivity contribution < 1.29 is 9.53 Å². The Morgan fingerprint density at radius 3 is 2.81 bits per heavy atom. The molecule has 0 bridgehead atoms. The van der Waals surface area contributed by atoms with E-state index in [1.54, 1.807) is 19.5 Å². The smallest absolute Gasteiger partial charge is 0.236 e. The summed E-state index contributed by atoms with van der Waals surface area (Å²) < 4.78 is 5.40. The number of carbonyl (C=O) groups excluding carboxylic acids is 1. The molecule has 0 saturated carbocycles. The molecule has 5 aromatic rings. The zero-order valence-electron chi connectivity index (χ0n) is 17.7. The molecule has 0 radical (unpaired) electrons. The van der Waals surface area contributed by atoms with Gasteiger partial charge in [-0.1, -0.05) is 18.2 Å². The third-order valence-corrected chi connectivity index (χ3v) is 5.29. The van der Waals surface area contributed by atoms with Gasteiger partial charge in [0.05, 0.1) is 18.3 Å². The van der Waals surface area contributed by atoms with E-state index in [1.807, 2.05) is 60.8 Å². The molecule has 0 fully saturated rings. The molecule has 3 heterocycles. The summed E-state index contributed by atoms with van der Waals surface area (Å²) in [6.45, 7) is 1.46. The maximum atomic E-state index is 11.7. The molecule has 32 heavy (non-hydrogen) atoms. The molecular weight excluding hydrogens is 402 g/mol. The van der Waals surface area contributed by atoms with E-state index < -0.39 is 0 Å². The zero-order valence-corrected chi connectivity index (χ0v) is 17.7. The Morgan fingerprint density at radius 1 is 1.12 bits per heavy atom. The second-order valence-corrected chi connectivity index (χ2v) is 7.43. The number of aromatic nitrogens is 4. The van der Waals surface area contributed by atoms with E-state index in [-0.39, 0.29) is 5.91 Å². The number of fused-ring (bicyclic) bond motifs is 2. The number of carbonyl (C=O) groups is 1. The summed E-state index contributed by atoms with van der Waals surface area (Å²) in [5.74, 6) is 0.614. The highest BCUT2D eigenvalue weighted by Gasteiger charge is 2.13. The molecule has 0 aliphatic heterocycles. The highest BCUT2D eigenvalue weighted by atomic mass is 16.5. The van der Waals surface area contributed by atoms with Gasteiger partial charge in [0.1, 0.15) is 5.75 Å². The van der Waals surface area contributed by atoms with Gasteiger partial charge >= 0.3 is 0 Å². The first kappa shape index (κ1) is 19.6. The van der Waals surface area contributed by atoms with E-state index in [9.17, 15) is 4.79 Å². The maximum absolute atomic E-state index is 11.7. The van der Waals surface area contributed by atoms with Crippen LogP contribution in [0.1, 0.15) is 18.2 Å². The largest absolute Gasteiger partial charge is 0.497 e. The van der Waals surface area contributed by atoms with Crippen LogP contribution in [0, 0.1) is 0 Å². The Kier molecular flexibility index (Phi) is 4.91. The van der Waals surface area contributed by atoms with Crippen molar-refractivity contribution in [3.05, 3.63) is 78.4 Å². The number of aromatic amines is 1. The number of ether oxygens (including phenoxy) is 1. The average molecular weight is 423 g/mol. The van der Waals surface area contributed by atoms with E-state index in [2.05, 4.69) is 26.6 Å². The third-order valence-electron chi connectivity index (χ3n) is 5.29. The minimum absolute atomic E-state index is 0.190. The summed E-state index contributed by atoms with van der Waals surface area (Å²) in [6, 6.07) is 15.9. The Hall–Kier alpha value is -4.39. The molecule has 0 aliphatic rings. The lowest BCUT2D eigenvalue weighted by Crippen LogP contribution is -2.20. The van der Waals surface area contributed by atoms with Gasteiger partial charge in [0.25, 0.3) is 0 Å². The molecule has 0 unspecified atom stereocenters. The van der Waals surface area contributed by atoms with Crippen molar-refractivity contribution in [3.63, 3.8) is 0 Å². The zero-order chi connectivity index (χ0) is 22.1. The standard InChI is InChI=1S/C25H21N5O2/c1-16(31)28-30-25-10-6-18(22-15-27-23-9-7-19(32-2)13-20(22)23)12-21(25)24(29-30)8-5-17-4-3-11-26-14-17/h3-15,27H,1-2H3,(H,28,31)/b8-5+. The number of H-pyrrole nitrogens is 1. The lowest BCUT2D eigenvalue weighted by atomic mass is 10.0. The Balaban J connectivity index is 1.65. The van der Waals surface area contributed by atoms with Crippen LogP contribution in [0.15, 0.2) is 67.1 Å². The van der Waals surface area contributed by atoms with Gasteiger partial charge in [-0.2, -0.15) is 9.89 Å². The second-order valence-electron chi connectivity index (χ2n) is 7.43. The van der Waals surface area contributed by atoms with Crippen molar-refractivity contribution in [1.29, 1.82) is 0 Å². The van der Waals surface area contributed by atoms with E-state index in [4.69, 9.17) is 4.74 Å². The Bertz CT molecular complexity index is 1460. The Labute approximate surface area is 184 Å². The molecular formula is C25H21N5O2. The molecule has 3 aromatic heterocycles. The molecule has 1 amide bonds. The predicted molar refractivity (Wildman–Crippen MR) is 127 cm³/mol. The first-order chi connectivity index (χ1) is 15.6. The molecule has 2 N–H and O–H groups in total. The van der Waals surface area contributed by atoms with Crippen molar-refractivity contribution in [2.24, 2.45) is 0 Å². The molecule has 7 heteroatoms. The topological polar surface area (TPSA) is 84.8 Å². The molecule has 158 valence electrons. The number of nitrogens with one attached hydrogen (secondary N) is 2. The normalized spacial score (nSPS) is 11.4. The van der Waals surface area contributed by atoms with Gasteiger partial charge in [-0.3, -0.25) is 9.78 Å². The number of amides is 1. The Morgan fingerprint density at radius 2 is 2.03 bits per heavy atom. The first-order valence-electron chi connectivity index (χ1n) is 10.2. The minimum atomic E-state index is -0.190. The van der Waals surface area contributed by atoms with Crippen LogP contribution in [0.5, 0.6) is 5.75 Å². The number of nitrogens with zero attached hydrogens (tertiary/aromatic N) is 3. The molecule has 0 spiro atoms. The summed E-state index contributed by atoms with van der Waals surface area (Å²) in [4.78, 5) is 20.7. The van der Waals surface area contributed by atoms with E-state index in [0.717, 1.165) is 49.9 Å². The SMILES string of the molecule is COc1ccc2[nH]cc(-c3ccc4c(c3)c(/C=C/c3cccnc3)nn4NC(C)=O)c2c1. The quantitative estimate of drug-likeness (QED) is 0.423. The maximum Gasteiger partial charge on any atom is 0.236 e. The fourth-order valence-corrected chi connectivity index (χ4v) is 3.78. The van der Waals surface area contributed by atoms with Crippen LogP contribution in [0.3, 0.4) is 0 Å².